The van der Waals surface area contributed by atoms with Crippen LogP contribution in [-0.4, -0.2) is 20.9 Å². The molecule has 0 aliphatic heterocycles. The fraction of sp³-hybridized carbons (Fsp3) is 0.417. The van der Waals surface area contributed by atoms with Crippen LogP contribution in [0, 0.1) is 0 Å². The summed E-state index contributed by atoms with van der Waals surface area (Å²) >= 11 is 0. The van der Waals surface area contributed by atoms with Crippen molar-refractivity contribution in [3.63, 3.8) is 0 Å². The number of rotatable bonds is 5. The van der Waals surface area contributed by atoms with Crippen molar-refractivity contribution in [1.82, 2.24) is 4.89 Å². The highest BCUT2D eigenvalue weighted by molar-refractivity contribution is 7.89. The molecule has 1 amide bonds. The van der Waals surface area contributed by atoms with E-state index in [1.165, 1.54) is 12.1 Å². The summed E-state index contributed by atoms with van der Waals surface area (Å²) in [4.78, 5) is 16.8. The van der Waals surface area contributed by atoms with Crippen LogP contribution >= 0.6 is 0 Å². The van der Waals surface area contributed by atoms with Gasteiger partial charge >= 0.3 is 0 Å². The standard InChI is InChI=1S/C12H18N2O4S/c1-12(2,3)9-4-6-10(7-5-9)19(16,17)14-18-8-11(13)15/h4-7,14H,8H2,1-3H3,(H2,13,15). The molecular formula is C12H18N2O4S. The zero-order chi connectivity index (χ0) is 14.7. The van der Waals surface area contributed by atoms with Gasteiger partial charge in [-0.15, -0.1) is 0 Å². The number of carbonyl (C=O) groups excluding carboxylic acids is 1. The van der Waals surface area contributed by atoms with E-state index in [0.29, 0.717) is 0 Å². The van der Waals surface area contributed by atoms with E-state index in [9.17, 15) is 13.2 Å². The molecule has 1 aromatic carbocycles. The quantitative estimate of drug-likeness (QED) is 0.777. The maximum absolute atomic E-state index is 11.8. The average molecular weight is 286 g/mol. The largest absolute Gasteiger partial charge is 0.368 e. The van der Waals surface area contributed by atoms with Crippen molar-refractivity contribution < 1.29 is 18.0 Å². The minimum Gasteiger partial charge on any atom is -0.368 e. The van der Waals surface area contributed by atoms with Crippen molar-refractivity contribution >= 4 is 15.9 Å². The normalized spacial score (nSPS) is 12.4. The molecule has 1 aromatic rings. The fourth-order valence-corrected chi connectivity index (χ4v) is 2.17. The molecule has 0 fully saturated rings. The molecule has 19 heavy (non-hydrogen) atoms. The molecule has 0 saturated carbocycles. The number of hydrogen-bond donors (Lipinski definition) is 2. The van der Waals surface area contributed by atoms with Gasteiger partial charge in [-0.2, -0.15) is 0 Å². The van der Waals surface area contributed by atoms with Gasteiger partial charge in [0.15, 0.2) is 0 Å². The highest BCUT2D eigenvalue weighted by Crippen LogP contribution is 2.23. The molecule has 6 nitrogen and oxygen atoms in total. The molecule has 0 saturated heterocycles. The maximum Gasteiger partial charge on any atom is 0.262 e. The predicted octanol–water partition coefficient (Wildman–Crippen LogP) is 0.679. The summed E-state index contributed by atoms with van der Waals surface area (Å²) in [5.74, 6) is -0.759. The number of carbonyl (C=O) groups is 1. The number of sulfonamides is 1. The van der Waals surface area contributed by atoms with Gasteiger partial charge in [0, 0.05) is 0 Å². The molecule has 0 aromatic heterocycles. The van der Waals surface area contributed by atoms with Gasteiger partial charge in [-0.3, -0.25) is 9.63 Å². The second-order valence-electron chi connectivity index (χ2n) is 5.12. The zero-order valence-electron chi connectivity index (χ0n) is 11.1. The lowest BCUT2D eigenvalue weighted by Crippen LogP contribution is -2.29. The van der Waals surface area contributed by atoms with Crippen LogP contribution in [0.5, 0.6) is 0 Å². The Labute approximate surface area is 113 Å². The van der Waals surface area contributed by atoms with Crippen LogP contribution in [-0.2, 0) is 25.1 Å². The highest BCUT2D eigenvalue weighted by atomic mass is 32.2. The SMILES string of the molecule is CC(C)(C)c1ccc(S(=O)(=O)NOCC(N)=O)cc1. The van der Waals surface area contributed by atoms with Crippen LogP contribution in [0.25, 0.3) is 0 Å². The Hall–Kier alpha value is -1.44. The van der Waals surface area contributed by atoms with E-state index in [1.807, 2.05) is 25.7 Å². The molecule has 0 bridgehead atoms. The van der Waals surface area contributed by atoms with Crippen molar-refractivity contribution in [2.24, 2.45) is 5.73 Å². The number of amides is 1. The lowest BCUT2D eigenvalue weighted by molar-refractivity contribution is -0.123. The number of nitrogens with one attached hydrogen (secondary N) is 1. The zero-order valence-corrected chi connectivity index (χ0v) is 12.0. The molecule has 1 rings (SSSR count). The van der Waals surface area contributed by atoms with Crippen LogP contribution in [0.4, 0.5) is 0 Å². The second kappa shape index (κ2) is 5.68. The Morgan fingerprint density at radius 3 is 2.21 bits per heavy atom. The van der Waals surface area contributed by atoms with Crippen molar-refractivity contribution in [2.75, 3.05) is 6.61 Å². The van der Waals surface area contributed by atoms with E-state index in [4.69, 9.17) is 5.73 Å². The second-order valence-corrected chi connectivity index (χ2v) is 6.76. The van der Waals surface area contributed by atoms with Gasteiger partial charge in [0.2, 0.25) is 5.91 Å². The molecule has 0 radical (unpaired) electrons. The highest BCUT2D eigenvalue weighted by Gasteiger charge is 2.17. The molecule has 0 aliphatic carbocycles. The lowest BCUT2D eigenvalue weighted by atomic mass is 9.87. The van der Waals surface area contributed by atoms with Crippen LogP contribution in [0.15, 0.2) is 29.2 Å². The molecular weight excluding hydrogens is 268 g/mol. The molecule has 0 unspecified atom stereocenters. The van der Waals surface area contributed by atoms with Crippen molar-refractivity contribution in [3.05, 3.63) is 29.8 Å². The predicted molar refractivity (Wildman–Crippen MR) is 70.6 cm³/mol. The first-order valence-electron chi connectivity index (χ1n) is 5.65. The van der Waals surface area contributed by atoms with E-state index in [1.54, 1.807) is 12.1 Å². The molecule has 0 aliphatic rings. The first-order valence-corrected chi connectivity index (χ1v) is 7.14. The summed E-state index contributed by atoms with van der Waals surface area (Å²) in [6, 6.07) is 6.44. The fourth-order valence-electron chi connectivity index (χ4n) is 1.36. The van der Waals surface area contributed by atoms with Crippen molar-refractivity contribution in [1.29, 1.82) is 0 Å². The van der Waals surface area contributed by atoms with Crippen LogP contribution < -0.4 is 10.6 Å². The van der Waals surface area contributed by atoms with Crippen molar-refractivity contribution in [2.45, 2.75) is 31.1 Å². The Balaban J connectivity index is 2.82. The van der Waals surface area contributed by atoms with Crippen molar-refractivity contribution in [3.8, 4) is 0 Å². The van der Waals surface area contributed by atoms with Crippen LogP contribution in [0.3, 0.4) is 0 Å². The third-order valence-corrected chi connectivity index (χ3v) is 3.64. The van der Waals surface area contributed by atoms with Crippen LogP contribution in [0.1, 0.15) is 26.3 Å². The maximum atomic E-state index is 11.8. The van der Waals surface area contributed by atoms with E-state index in [2.05, 4.69) is 4.84 Å². The van der Waals surface area contributed by atoms with E-state index in [0.717, 1.165) is 5.56 Å². The van der Waals surface area contributed by atoms with Gasteiger partial charge in [0.05, 0.1) is 4.90 Å². The van der Waals surface area contributed by atoms with E-state index < -0.39 is 22.5 Å². The Morgan fingerprint density at radius 2 is 1.79 bits per heavy atom. The molecule has 7 heteroatoms. The van der Waals surface area contributed by atoms with Gasteiger partial charge in [0.1, 0.15) is 6.61 Å². The summed E-state index contributed by atoms with van der Waals surface area (Å²) < 4.78 is 23.6. The first-order chi connectivity index (χ1) is 8.63. The Morgan fingerprint density at radius 1 is 1.26 bits per heavy atom. The summed E-state index contributed by atoms with van der Waals surface area (Å²) in [7, 11) is -3.80. The lowest BCUT2D eigenvalue weighted by Gasteiger charge is -2.19. The summed E-state index contributed by atoms with van der Waals surface area (Å²) in [5.41, 5.74) is 5.79. The minimum atomic E-state index is -3.80. The number of hydrogen-bond acceptors (Lipinski definition) is 4. The molecule has 106 valence electrons. The number of nitrogens with two attached hydrogens (primary N) is 1. The number of benzene rings is 1. The van der Waals surface area contributed by atoms with Gasteiger partial charge in [-0.25, -0.2) is 8.42 Å². The van der Waals surface area contributed by atoms with E-state index in [-0.39, 0.29) is 10.3 Å². The van der Waals surface area contributed by atoms with Gasteiger partial charge in [-0.05, 0) is 23.1 Å². The number of primary amides is 1. The van der Waals surface area contributed by atoms with Gasteiger partial charge < -0.3 is 5.73 Å². The molecule has 0 spiro atoms. The van der Waals surface area contributed by atoms with Gasteiger partial charge in [-0.1, -0.05) is 37.8 Å². The molecule has 0 atom stereocenters. The Bertz CT molecular complexity index is 544. The molecule has 0 heterocycles. The monoisotopic (exact) mass is 286 g/mol. The summed E-state index contributed by atoms with van der Waals surface area (Å²) in [6.45, 7) is 5.58. The Kier molecular flexibility index (Phi) is 4.67. The summed E-state index contributed by atoms with van der Waals surface area (Å²) in [5, 5.41) is 0. The third kappa shape index (κ3) is 4.62. The smallest absolute Gasteiger partial charge is 0.262 e. The first kappa shape index (κ1) is 15.6. The average Bonchev–Trinajstić information content (AvgIpc) is 2.27. The van der Waals surface area contributed by atoms with Crippen LogP contribution in [0.2, 0.25) is 0 Å². The topological polar surface area (TPSA) is 98.5 Å². The van der Waals surface area contributed by atoms with Gasteiger partial charge in [0.25, 0.3) is 10.0 Å². The minimum absolute atomic E-state index is 0.0574. The van der Waals surface area contributed by atoms with E-state index >= 15 is 0 Å². The third-order valence-electron chi connectivity index (χ3n) is 2.41. The summed E-state index contributed by atoms with van der Waals surface area (Å²) in [6.07, 6.45) is 0. The molecule has 3 N–H and O–H groups in total.